The Morgan fingerprint density at radius 3 is 1.89 bits per heavy atom. The largest absolute Gasteiger partial charge is 0.330 e. The van der Waals surface area contributed by atoms with E-state index in [0.717, 1.165) is 6.42 Å². The molecule has 0 fully saturated rings. The third-order valence-corrected chi connectivity index (χ3v) is 5.70. The van der Waals surface area contributed by atoms with E-state index in [1.165, 1.54) is 32.1 Å². The third-order valence-electron chi connectivity index (χ3n) is 3.63. The summed E-state index contributed by atoms with van der Waals surface area (Å²) in [5.74, 6) is 0. The summed E-state index contributed by atoms with van der Waals surface area (Å²) in [4.78, 5) is 0. The van der Waals surface area contributed by atoms with Gasteiger partial charge in [0.15, 0.2) is 0 Å². The molecular weight excluding hydrogens is 259 g/mol. The van der Waals surface area contributed by atoms with E-state index >= 15 is 0 Å². The minimum Gasteiger partial charge on any atom is -0.309 e. The van der Waals surface area contributed by atoms with Gasteiger partial charge in [-0.05, 0) is 38.5 Å². The lowest BCUT2D eigenvalue weighted by atomic mass is 9.78. The molecule has 1 atom stereocenters. The monoisotopic (exact) mass is 292 g/mol. The van der Waals surface area contributed by atoms with Crippen LogP contribution in [0, 0.1) is 5.41 Å². The maximum Gasteiger partial charge on any atom is 0.330 e. The third kappa shape index (κ3) is 8.12. The molecule has 0 radical (unpaired) electrons. The Bertz CT molecular complexity index is 258. The first-order chi connectivity index (χ1) is 8.95. The highest BCUT2D eigenvalue weighted by Crippen LogP contribution is 2.51. The van der Waals surface area contributed by atoms with Gasteiger partial charge in [-0.1, -0.05) is 40.0 Å². The van der Waals surface area contributed by atoms with Crippen LogP contribution in [0.3, 0.4) is 0 Å². The first-order valence-electron chi connectivity index (χ1n) is 7.83. The number of hydrogen-bond acceptors (Lipinski definition) is 3. The van der Waals surface area contributed by atoms with Crippen molar-refractivity contribution in [3.63, 3.8) is 0 Å². The molecule has 0 aliphatic heterocycles. The highest BCUT2D eigenvalue weighted by Gasteiger charge is 2.30. The molecule has 0 heterocycles. The summed E-state index contributed by atoms with van der Waals surface area (Å²) in [5.41, 5.74) is 0.272. The van der Waals surface area contributed by atoms with Gasteiger partial charge in [-0.3, -0.25) is 4.57 Å². The number of unbranched alkanes of at least 4 members (excludes halogenated alkanes) is 1. The van der Waals surface area contributed by atoms with Crippen LogP contribution in [-0.2, 0) is 13.6 Å². The number of rotatable bonds is 12. The molecule has 0 rings (SSSR count). The minimum atomic E-state index is -2.87. The van der Waals surface area contributed by atoms with E-state index in [1.807, 2.05) is 13.8 Å². The molecule has 0 aromatic rings. The molecule has 0 aliphatic rings. The molecule has 0 aromatic heterocycles. The highest BCUT2D eigenvalue weighted by molar-refractivity contribution is 7.53. The fourth-order valence-corrected chi connectivity index (χ4v) is 4.48. The summed E-state index contributed by atoms with van der Waals surface area (Å²) in [6.45, 7) is 11.4. The van der Waals surface area contributed by atoms with Crippen LogP contribution < -0.4 is 0 Å². The van der Waals surface area contributed by atoms with Crippen molar-refractivity contribution in [2.75, 3.05) is 19.4 Å². The van der Waals surface area contributed by atoms with Crippen molar-refractivity contribution in [2.45, 2.75) is 73.1 Å². The predicted molar refractivity (Wildman–Crippen MR) is 82.9 cm³/mol. The van der Waals surface area contributed by atoms with E-state index in [4.69, 9.17) is 9.05 Å². The van der Waals surface area contributed by atoms with Crippen LogP contribution >= 0.6 is 7.60 Å². The summed E-state index contributed by atoms with van der Waals surface area (Å²) >= 11 is 0. The van der Waals surface area contributed by atoms with Crippen molar-refractivity contribution in [1.29, 1.82) is 0 Å². The van der Waals surface area contributed by atoms with Crippen molar-refractivity contribution < 1.29 is 13.6 Å². The summed E-state index contributed by atoms with van der Waals surface area (Å²) in [6.07, 6.45) is 7.50. The molecule has 3 nitrogen and oxygen atoms in total. The van der Waals surface area contributed by atoms with Gasteiger partial charge < -0.3 is 9.05 Å². The second-order valence-electron chi connectivity index (χ2n) is 5.58. The normalized spacial score (nSPS) is 15.4. The zero-order valence-corrected chi connectivity index (χ0v) is 14.4. The van der Waals surface area contributed by atoms with Crippen molar-refractivity contribution in [3.05, 3.63) is 0 Å². The fourth-order valence-electron chi connectivity index (χ4n) is 2.55. The molecule has 0 bridgehead atoms. The molecule has 0 aliphatic carbocycles. The maximum absolute atomic E-state index is 12.5. The Hall–Kier alpha value is 0.150. The Labute approximate surface area is 120 Å². The van der Waals surface area contributed by atoms with E-state index in [-0.39, 0.29) is 5.41 Å². The SMILES string of the molecule is CCCCC(C)(CCC)CCP(=O)(OCC)OCC. The topological polar surface area (TPSA) is 35.5 Å². The van der Waals surface area contributed by atoms with Gasteiger partial charge in [-0.25, -0.2) is 0 Å². The second-order valence-corrected chi connectivity index (χ2v) is 7.77. The first kappa shape index (κ1) is 19.1. The zero-order valence-electron chi connectivity index (χ0n) is 13.5. The van der Waals surface area contributed by atoms with Crippen molar-refractivity contribution in [3.8, 4) is 0 Å². The standard InChI is InChI=1S/C15H33O3P/c1-6-10-12-15(5,11-7-2)13-14-19(16,17-8-3)18-9-4/h6-14H2,1-5H3. The first-order valence-corrected chi connectivity index (χ1v) is 9.56. The molecule has 0 spiro atoms. The predicted octanol–water partition coefficient (Wildman–Crippen LogP) is 5.64. The molecule has 0 N–H and O–H groups in total. The Morgan fingerprint density at radius 1 is 0.895 bits per heavy atom. The summed E-state index contributed by atoms with van der Waals surface area (Å²) < 4.78 is 23.3. The van der Waals surface area contributed by atoms with Crippen molar-refractivity contribution in [2.24, 2.45) is 5.41 Å². The van der Waals surface area contributed by atoms with Gasteiger partial charge in [0, 0.05) is 0 Å². The minimum absolute atomic E-state index is 0.272. The average Bonchev–Trinajstić information content (AvgIpc) is 2.35. The van der Waals surface area contributed by atoms with Crippen molar-refractivity contribution in [1.82, 2.24) is 0 Å². The van der Waals surface area contributed by atoms with E-state index < -0.39 is 7.60 Å². The van der Waals surface area contributed by atoms with E-state index in [1.54, 1.807) is 0 Å². The molecule has 4 heteroatoms. The Kier molecular flexibility index (Phi) is 10.0. The lowest BCUT2D eigenvalue weighted by molar-refractivity contribution is 0.204. The Balaban J connectivity index is 4.52. The fraction of sp³-hybridized carbons (Fsp3) is 1.00. The summed E-state index contributed by atoms with van der Waals surface area (Å²) in [6, 6.07) is 0. The number of hydrogen-bond donors (Lipinski definition) is 0. The zero-order chi connectivity index (χ0) is 14.8. The van der Waals surface area contributed by atoms with Gasteiger partial charge in [0.1, 0.15) is 0 Å². The maximum atomic E-state index is 12.5. The molecule has 116 valence electrons. The summed E-state index contributed by atoms with van der Waals surface area (Å²) in [5, 5.41) is 0. The molecule has 0 saturated heterocycles. The molecule has 0 aromatic carbocycles. The van der Waals surface area contributed by atoms with Gasteiger partial charge in [0.2, 0.25) is 0 Å². The van der Waals surface area contributed by atoms with Gasteiger partial charge in [-0.2, -0.15) is 0 Å². The molecule has 0 saturated carbocycles. The molecule has 19 heavy (non-hydrogen) atoms. The van der Waals surface area contributed by atoms with Gasteiger partial charge in [0.25, 0.3) is 0 Å². The lowest BCUT2D eigenvalue weighted by Gasteiger charge is -2.31. The molecule has 0 amide bonds. The van der Waals surface area contributed by atoms with Crippen LogP contribution in [0.1, 0.15) is 73.1 Å². The van der Waals surface area contributed by atoms with E-state index in [0.29, 0.717) is 19.4 Å². The van der Waals surface area contributed by atoms with Crippen molar-refractivity contribution >= 4 is 7.60 Å². The van der Waals surface area contributed by atoms with Crippen LogP contribution in [0.15, 0.2) is 0 Å². The molecule has 1 unspecified atom stereocenters. The Morgan fingerprint density at radius 2 is 1.47 bits per heavy atom. The van der Waals surface area contributed by atoms with Crippen LogP contribution in [0.4, 0.5) is 0 Å². The summed E-state index contributed by atoms with van der Waals surface area (Å²) in [7, 11) is -2.87. The van der Waals surface area contributed by atoms with Crippen LogP contribution in [-0.4, -0.2) is 19.4 Å². The quantitative estimate of drug-likeness (QED) is 0.437. The van der Waals surface area contributed by atoms with Gasteiger partial charge in [0.05, 0.1) is 19.4 Å². The van der Waals surface area contributed by atoms with Crippen LogP contribution in [0.25, 0.3) is 0 Å². The average molecular weight is 292 g/mol. The second kappa shape index (κ2) is 9.96. The van der Waals surface area contributed by atoms with E-state index in [2.05, 4.69) is 20.8 Å². The molecular formula is C15H33O3P. The van der Waals surface area contributed by atoms with E-state index in [9.17, 15) is 4.57 Å². The van der Waals surface area contributed by atoms with Crippen LogP contribution in [0.2, 0.25) is 0 Å². The highest BCUT2D eigenvalue weighted by atomic mass is 31.2. The lowest BCUT2D eigenvalue weighted by Crippen LogP contribution is -2.19. The van der Waals surface area contributed by atoms with Crippen LogP contribution in [0.5, 0.6) is 0 Å². The van der Waals surface area contributed by atoms with Gasteiger partial charge >= 0.3 is 7.60 Å². The van der Waals surface area contributed by atoms with Gasteiger partial charge in [-0.15, -0.1) is 0 Å². The smallest absolute Gasteiger partial charge is 0.309 e.